The lowest BCUT2D eigenvalue weighted by Gasteiger charge is -2.34. The number of rotatable bonds is 4. The number of hydrogen-bond acceptors (Lipinski definition) is 4. The summed E-state index contributed by atoms with van der Waals surface area (Å²) in [5.41, 5.74) is 2.44. The van der Waals surface area contributed by atoms with Gasteiger partial charge in [0, 0.05) is 49.7 Å². The second-order valence-electron chi connectivity index (χ2n) is 6.99. The number of hydrogen-bond donors (Lipinski definition) is 1. The third-order valence-corrected chi connectivity index (χ3v) is 5.29. The summed E-state index contributed by atoms with van der Waals surface area (Å²) in [6.07, 6.45) is 6.00. The van der Waals surface area contributed by atoms with E-state index < -0.39 is 0 Å². The van der Waals surface area contributed by atoms with Crippen molar-refractivity contribution in [3.05, 3.63) is 42.2 Å². The molecule has 128 valence electrons. The number of aryl methyl sites for hydroxylation is 1. The molecule has 0 aliphatic carbocycles. The fourth-order valence-electron chi connectivity index (χ4n) is 3.97. The number of nitrogens with zero attached hydrogens (tertiary/aromatic N) is 3. The van der Waals surface area contributed by atoms with E-state index in [0.29, 0.717) is 12.1 Å². The molecule has 2 aromatic rings. The third-order valence-electron chi connectivity index (χ3n) is 5.29. The number of benzene rings is 1. The molecular weight excluding hydrogens is 302 g/mol. The van der Waals surface area contributed by atoms with E-state index >= 15 is 0 Å². The lowest BCUT2D eigenvalue weighted by Crippen LogP contribution is -2.46. The Hall–Kier alpha value is -1.69. The molecule has 0 spiro atoms. The van der Waals surface area contributed by atoms with Gasteiger partial charge in [0.25, 0.3) is 0 Å². The quantitative estimate of drug-likeness (QED) is 0.936. The van der Waals surface area contributed by atoms with Crippen LogP contribution < -0.4 is 0 Å². The summed E-state index contributed by atoms with van der Waals surface area (Å²) >= 11 is 0. The van der Waals surface area contributed by atoms with E-state index in [1.165, 1.54) is 11.1 Å². The van der Waals surface area contributed by atoms with Crippen molar-refractivity contribution in [2.75, 3.05) is 26.3 Å². The van der Waals surface area contributed by atoms with Crippen LogP contribution in [-0.2, 0) is 4.74 Å². The van der Waals surface area contributed by atoms with Crippen molar-refractivity contribution < 1.29 is 9.84 Å². The predicted octanol–water partition coefficient (Wildman–Crippen LogP) is 2.26. The number of ether oxygens (including phenoxy) is 1. The van der Waals surface area contributed by atoms with E-state index in [1.54, 1.807) is 0 Å². The van der Waals surface area contributed by atoms with Crippen molar-refractivity contribution in [1.29, 1.82) is 0 Å². The molecule has 0 radical (unpaired) electrons. The minimum Gasteiger partial charge on any atom is -0.396 e. The van der Waals surface area contributed by atoms with Crippen molar-refractivity contribution in [2.45, 2.75) is 38.0 Å². The predicted molar refractivity (Wildman–Crippen MR) is 92.9 cm³/mol. The largest absolute Gasteiger partial charge is 0.396 e. The molecule has 0 amide bonds. The normalized spacial score (nSPS) is 27.3. The highest BCUT2D eigenvalue weighted by atomic mass is 16.5. The lowest BCUT2D eigenvalue weighted by atomic mass is 10.1. The number of aliphatic hydroxyl groups excluding tert-OH is 1. The van der Waals surface area contributed by atoms with Gasteiger partial charge in [-0.2, -0.15) is 0 Å². The molecule has 5 nitrogen and oxygen atoms in total. The minimum absolute atomic E-state index is 0.171. The van der Waals surface area contributed by atoms with Gasteiger partial charge in [-0.1, -0.05) is 29.8 Å². The first-order valence-corrected chi connectivity index (χ1v) is 8.81. The lowest BCUT2D eigenvalue weighted by molar-refractivity contribution is -0.0567. The van der Waals surface area contributed by atoms with Gasteiger partial charge < -0.3 is 14.4 Å². The van der Waals surface area contributed by atoms with Crippen molar-refractivity contribution in [3.63, 3.8) is 0 Å². The topological polar surface area (TPSA) is 50.5 Å². The summed E-state index contributed by atoms with van der Waals surface area (Å²) in [4.78, 5) is 7.12. The van der Waals surface area contributed by atoms with E-state index in [-0.39, 0.29) is 12.7 Å². The zero-order valence-electron chi connectivity index (χ0n) is 14.1. The molecule has 1 N–H and O–H groups in total. The summed E-state index contributed by atoms with van der Waals surface area (Å²) < 4.78 is 8.22. The number of fused-ring (bicyclic) bond motifs is 1. The van der Waals surface area contributed by atoms with Crippen LogP contribution in [0.25, 0.3) is 11.4 Å². The Labute approximate surface area is 142 Å². The average molecular weight is 327 g/mol. The van der Waals surface area contributed by atoms with Crippen molar-refractivity contribution in [3.8, 4) is 11.4 Å². The van der Waals surface area contributed by atoms with Crippen molar-refractivity contribution in [1.82, 2.24) is 14.5 Å². The molecule has 0 bridgehead atoms. The summed E-state index contributed by atoms with van der Waals surface area (Å²) in [7, 11) is 0. The molecule has 2 aliphatic rings. The summed E-state index contributed by atoms with van der Waals surface area (Å²) in [5.74, 6) is 1.05. The van der Waals surface area contributed by atoms with Gasteiger partial charge in [-0.25, -0.2) is 4.98 Å². The van der Waals surface area contributed by atoms with E-state index in [0.717, 1.165) is 38.4 Å². The second-order valence-corrected chi connectivity index (χ2v) is 6.99. The smallest absolute Gasteiger partial charge is 0.140 e. The van der Waals surface area contributed by atoms with E-state index in [4.69, 9.17) is 9.84 Å². The fourth-order valence-corrected chi connectivity index (χ4v) is 3.97. The first kappa shape index (κ1) is 15.8. The van der Waals surface area contributed by atoms with Gasteiger partial charge in [0.05, 0.1) is 12.7 Å². The Bertz CT molecular complexity index is 682. The zero-order chi connectivity index (χ0) is 16.5. The van der Waals surface area contributed by atoms with Gasteiger partial charge in [-0.3, -0.25) is 4.90 Å². The SMILES string of the molecule is Cc1ccc(-c2nccn2[C@H]2C[C@H]3CO[C@@H](CCO)CN3C2)cc1. The van der Waals surface area contributed by atoms with Crippen molar-refractivity contribution >= 4 is 0 Å². The molecule has 1 aromatic carbocycles. The monoisotopic (exact) mass is 327 g/mol. The number of imidazole rings is 1. The molecule has 3 atom stereocenters. The zero-order valence-corrected chi connectivity index (χ0v) is 14.1. The van der Waals surface area contributed by atoms with Gasteiger partial charge in [-0.05, 0) is 19.8 Å². The molecule has 2 aliphatic heterocycles. The van der Waals surface area contributed by atoms with Crippen LogP contribution in [0.3, 0.4) is 0 Å². The van der Waals surface area contributed by atoms with Gasteiger partial charge in [0.15, 0.2) is 0 Å². The van der Waals surface area contributed by atoms with Crippen LogP contribution in [0.5, 0.6) is 0 Å². The first-order chi connectivity index (χ1) is 11.7. The van der Waals surface area contributed by atoms with Crippen LogP contribution in [-0.4, -0.2) is 58.0 Å². The van der Waals surface area contributed by atoms with E-state index in [1.807, 2.05) is 6.20 Å². The van der Waals surface area contributed by atoms with Crippen LogP contribution in [0.2, 0.25) is 0 Å². The van der Waals surface area contributed by atoms with Crippen LogP contribution in [0.4, 0.5) is 0 Å². The standard InChI is InChI=1S/C19H25N3O2/c1-14-2-4-15(5-3-14)19-20-7-8-22(19)16-10-17-13-24-18(6-9-23)12-21(17)11-16/h2-5,7-8,16-18,23H,6,9-13H2,1H3/t16-,17-,18-/m0/s1. The van der Waals surface area contributed by atoms with Gasteiger partial charge in [0.1, 0.15) is 5.82 Å². The number of aromatic nitrogens is 2. The Morgan fingerprint density at radius 1 is 1.21 bits per heavy atom. The van der Waals surface area contributed by atoms with Crippen LogP contribution in [0.1, 0.15) is 24.4 Å². The number of morpholine rings is 1. The van der Waals surface area contributed by atoms with Gasteiger partial charge >= 0.3 is 0 Å². The maximum absolute atomic E-state index is 9.13. The molecule has 3 heterocycles. The molecule has 5 heteroatoms. The first-order valence-electron chi connectivity index (χ1n) is 8.81. The van der Waals surface area contributed by atoms with E-state index in [9.17, 15) is 0 Å². The Kier molecular flexibility index (Phi) is 4.39. The summed E-state index contributed by atoms with van der Waals surface area (Å²) in [5, 5.41) is 9.13. The van der Waals surface area contributed by atoms with Crippen LogP contribution in [0.15, 0.2) is 36.7 Å². The molecule has 24 heavy (non-hydrogen) atoms. The number of aliphatic hydroxyl groups is 1. The summed E-state index contributed by atoms with van der Waals surface area (Å²) in [6.45, 7) is 5.04. The van der Waals surface area contributed by atoms with Crippen LogP contribution in [0, 0.1) is 6.92 Å². The van der Waals surface area contributed by atoms with Crippen molar-refractivity contribution in [2.24, 2.45) is 0 Å². The van der Waals surface area contributed by atoms with Gasteiger partial charge in [-0.15, -0.1) is 0 Å². The average Bonchev–Trinajstić information content (AvgIpc) is 3.21. The van der Waals surface area contributed by atoms with E-state index in [2.05, 4.69) is 51.8 Å². The molecule has 1 aromatic heterocycles. The highest BCUT2D eigenvalue weighted by Crippen LogP contribution is 2.33. The Balaban J connectivity index is 1.52. The Morgan fingerprint density at radius 2 is 2.04 bits per heavy atom. The molecule has 0 saturated carbocycles. The maximum Gasteiger partial charge on any atom is 0.140 e. The second kappa shape index (κ2) is 6.67. The summed E-state index contributed by atoms with van der Waals surface area (Å²) in [6, 6.07) is 9.50. The molecular formula is C19H25N3O2. The Morgan fingerprint density at radius 3 is 2.83 bits per heavy atom. The highest BCUT2D eigenvalue weighted by molar-refractivity contribution is 5.56. The van der Waals surface area contributed by atoms with Crippen LogP contribution >= 0.6 is 0 Å². The molecule has 2 saturated heterocycles. The third kappa shape index (κ3) is 2.99. The molecule has 0 unspecified atom stereocenters. The van der Waals surface area contributed by atoms with Gasteiger partial charge in [0.2, 0.25) is 0 Å². The molecule has 4 rings (SSSR count). The maximum atomic E-state index is 9.13. The minimum atomic E-state index is 0.171. The molecule has 2 fully saturated rings. The fraction of sp³-hybridized carbons (Fsp3) is 0.526. The highest BCUT2D eigenvalue weighted by Gasteiger charge is 2.38.